The number of ether oxygens (including phenoxy) is 2. The lowest BCUT2D eigenvalue weighted by atomic mass is 10.1. The van der Waals surface area contributed by atoms with Crippen molar-refractivity contribution >= 4 is 11.9 Å². The van der Waals surface area contributed by atoms with Crippen molar-refractivity contribution in [2.45, 2.75) is 174 Å². The van der Waals surface area contributed by atoms with E-state index in [1.165, 1.54) is 0 Å². The molecule has 62 heavy (non-hydrogen) atoms. The molecule has 0 aromatic rings. The van der Waals surface area contributed by atoms with Crippen LogP contribution in [0.3, 0.4) is 0 Å². The molecule has 0 spiro atoms. The van der Waals surface area contributed by atoms with Crippen LogP contribution in [-0.2, 0) is 19.1 Å². The molecule has 0 saturated heterocycles. The molecule has 0 amide bonds. The second kappa shape index (κ2) is 50.9. The van der Waals surface area contributed by atoms with E-state index >= 15 is 0 Å². The molecule has 344 valence electrons. The molecule has 0 aliphatic heterocycles. The Morgan fingerprint density at radius 3 is 1.00 bits per heavy atom. The molecule has 1 atom stereocenters. The molecule has 5 nitrogen and oxygen atoms in total. The summed E-state index contributed by atoms with van der Waals surface area (Å²) in [5.41, 5.74) is 0. The maximum atomic E-state index is 12.2. The van der Waals surface area contributed by atoms with Crippen molar-refractivity contribution in [1.29, 1.82) is 0 Å². The summed E-state index contributed by atoms with van der Waals surface area (Å²) < 4.78 is 10.6. The minimum Gasteiger partial charge on any atom is -0.462 e. The van der Waals surface area contributed by atoms with Gasteiger partial charge in [0.1, 0.15) is 6.61 Å². The van der Waals surface area contributed by atoms with Crippen LogP contribution < -0.4 is 0 Å². The molecule has 0 aliphatic rings. The van der Waals surface area contributed by atoms with Gasteiger partial charge in [0.15, 0.2) is 6.10 Å². The third kappa shape index (κ3) is 48.2. The molecule has 0 saturated carbocycles. The number of carbonyl (C=O) groups is 2. The third-order valence-corrected chi connectivity index (χ3v) is 9.32. The Morgan fingerprint density at radius 1 is 0.371 bits per heavy atom. The molecule has 0 aromatic carbocycles. The van der Waals surface area contributed by atoms with E-state index in [1.54, 1.807) is 0 Å². The molecule has 0 aliphatic carbocycles. The fourth-order valence-corrected chi connectivity index (χ4v) is 5.77. The highest BCUT2D eigenvalue weighted by atomic mass is 16.6. The quantitative estimate of drug-likeness (QED) is 0.0377. The zero-order valence-electron chi connectivity index (χ0n) is 39.1. The first kappa shape index (κ1) is 57.5. The fraction of sp³-hybridized carbons (Fsp3) is 0.509. The first-order valence-electron chi connectivity index (χ1n) is 24.0. The molecule has 1 unspecified atom stereocenters. The van der Waals surface area contributed by atoms with E-state index in [1.807, 2.05) is 0 Å². The van der Waals surface area contributed by atoms with Gasteiger partial charge >= 0.3 is 11.9 Å². The number of unbranched alkanes of at least 4 members (excludes halogenated alkanes) is 7. The lowest BCUT2D eigenvalue weighted by Gasteiger charge is -2.15. The van der Waals surface area contributed by atoms with Crippen LogP contribution in [0.25, 0.3) is 0 Å². The van der Waals surface area contributed by atoms with Crippen LogP contribution in [0.5, 0.6) is 0 Å². The number of hydrogen-bond acceptors (Lipinski definition) is 5. The van der Waals surface area contributed by atoms with Gasteiger partial charge in [-0.25, -0.2) is 0 Å². The van der Waals surface area contributed by atoms with Crippen molar-refractivity contribution in [2.75, 3.05) is 13.2 Å². The standard InChI is InChI=1S/C57H86O5/c1-3-5-7-9-11-13-15-17-19-20-21-22-23-24-25-26-27-28-29-30-31-32-33-34-35-36-38-40-42-44-46-48-50-52-57(60)62-55(53-58)54-61-56(59)51-49-47-45-43-41-39-37-18-16-14-12-10-8-6-4-2/h5-8,11-14,17-19,21-22,24-25,27-28,30-31,33-34,36-38,41,43,55,58H,3-4,9-10,15-16,20,23,26,29,32,35,39-40,42,44-54H2,1-2H3/b7-5-,8-6-,13-11-,14-12-,19-17-,22-21-,25-24-,28-27-,31-30-,34-33-,37-18-,38-36-,43-41-. The summed E-state index contributed by atoms with van der Waals surface area (Å²) >= 11 is 0. The Morgan fingerprint density at radius 2 is 0.645 bits per heavy atom. The van der Waals surface area contributed by atoms with Gasteiger partial charge in [0.25, 0.3) is 0 Å². The minimum absolute atomic E-state index is 0.107. The lowest BCUT2D eigenvalue weighted by molar-refractivity contribution is -0.161. The van der Waals surface area contributed by atoms with Crippen LogP contribution in [0.1, 0.15) is 168 Å². The summed E-state index contributed by atoms with van der Waals surface area (Å²) in [5.74, 6) is -0.679. The molecule has 0 radical (unpaired) electrons. The van der Waals surface area contributed by atoms with Gasteiger partial charge in [-0.2, -0.15) is 0 Å². The van der Waals surface area contributed by atoms with E-state index in [-0.39, 0.29) is 25.2 Å². The van der Waals surface area contributed by atoms with Gasteiger partial charge in [-0.1, -0.05) is 191 Å². The van der Waals surface area contributed by atoms with Crippen molar-refractivity contribution in [1.82, 2.24) is 0 Å². The van der Waals surface area contributed by atoms with Crippen molar-refractivity contribution in [3.8, 4) is 0 Å². The van der Waals surface area contributed by atoms with E-state index in [0.29, 0.717) is 12.8 Å². The van der Waals surface area contributed by atoms with Gasteiger partial charge in [0, 0.05) is 12.8 Å². The summed E-state index contributed by atoms with van der Waals surface area (Å²) in [6.45, 7) is 3.83. The van der Waals surface area contributed by atoms with Crippen LogP contribution in [0.4, 0.5) is 0 Å². The number of rotatable bonds is 41. The second-order valence-electron chi connectivity index (χ2n) is 15.1. The Balaban J connectivity index is 3.71. The fourth-order valence-electron chi connectivity index (χ4n) is 5.77. The summed E-state index contributed by atoms with van der Waals surface area (Å²) in [6.07, 6.45) is 79.0. The lowest BCUT2D eigenvalue weighted by Crippen LogP contribution is -2.28. The van der Waals surface area contributed by atoms with E-state index in [4.69, 9.17) is 9.47 Å². The first-order valence-corrected chi connectivity index (χ1v) is 24.0. The Hall–Kier alpha value is -4.48. The molecule has 0 aromatic heterocycles. The number of allylic oxidation sites excluding steroid dienone is 26. The zero-order chi connectivity index (χ0) is 44.9. The number of hydrogen-bond donors (Lipinski definition) is 1. The van der Waals surface area contributed by atoms with Crippen LogP contribution >= 0.6 is 0 Å². The minimum atomic E-state index is -0.812. The largest absolute Gasteiger partial charge is 0.462 e. The molecule has 5 heteroatoms. The van der Waals surface area contributed by atoms with Crippen molar-refractivity contribution in [3.05, 3.63) is 158 Å². The van der Waals surface area contributed by atoms with E-state index < -0.39 is 6.10 Å². The molecule has 0 heterocycles. The highest BCUT2D eigenvalue weighted by molar-refractivity contribution is 5.70. The normalized spacial score (nSPS) is 13.7. The van der Waals surface area contributed by atoms with Crippen LogP contribution in [0.2, 0.25) is 0 Å². The predicted molar refractivity (Wildman–Crippen MR) is 269 cm³/mol. The average molecular weight is 851 g/mol. The molecular formula is C57H86O5. The summed E-state index contributed by atoms with van der Waals surface area (Å²) in [4.78, 5) is 24.4. The van der Waals surface area contributed by atoms with Crippen molar-refractivity contribution in [2.24, 2.45) is 0 Å². The number of esters is 2. The highest BCUT2D eigenvalue weighted by Gasteiger charge is 2.16. The van der Waals surface area contributed by atoms with Crippen LogP contribution in [0, 0.1) is 0 Å². The monoisotopic (exact) mass is 851 g/mol. The predicted octanol–water partition coefficient (Wildman–Crippen LogP) is 16.1. The van der Waals surface area contributed by atoms with Gasteiger partial charge in [-0.3, -0.25) is 9.59 Å². The Bertz CT molecular complexity index is 1420. The van der Waals surface area contributed by atoms with E-state index in [2.05, 4.69) is 172 Å². The maximum Gasteiger partial charge on any atom is 0.306 e. The molecule has 0 bridgehead atoms. The summed E-state index contributed by atoms with van der Waals surface area (Å²) in [6, 6.07) is 0. The Labute approximate surface area is 380 Å². The molecule has 0 fully saturated rings. The van der Waals surface area contributed by atoms with Gasteiger partial charge in [0.05, 0.1) is 6.61 Å². The van der Waals surface area contributed by atoms with Crippen molar-refractivity contribution < 1.29 is 24.2 Å². The highest BCUT2D eigenvalue weighted by Crippen LogP contribution is 2.10. The van der Waals surface area contributed by atoms with E-state index in [9.17, 15) is 14.7 Å². The van der Waals surface area contributed by atoms with Gasteiger partial charge < -0.3 is 14.6 Å². The zero-order valence-corrected chi connectivity index (χ0v) is 39.1. The maximum absolute atomic E-state index is 12.2. The van der Waals surface area contributed by atoms with Crippen molar-refractivity contribution in [3.63, 3.8) is 0 Å². The van der Waals surface area contributed by atoms with Gasteiger partial charge in [0.2, 0.25) is 0 Å². The molecule has 1 N–H and O–H groups in total. The SMILES string of the molecule is CC/C=C\C/C=C\C/C=C\C/C=C\C/C=C\C/C=C\C/C=C\C/C=C\C/C=C\CCCCCCCC(=O)OC(CO)COC(=O)CCCC/C=C\C/C=C\C/C=C\C/C=C\CC. The third-order valence-electron chi connectivity index (χ3n) is 9.32. The van der Waals surface area contributed by atoms with Crippen LogP contribution in [-0.4, -0.2) is 36.4 Å². The number of aliphatic hydroxyl groups is 1. The molecular weight excluding hydrogens is 765 g/mol. The van der Waals surface area contributed by atoms with Gasteiger partial charge in [-0.15, -0.1) is 0 Å². The summed E-state index contributed by atoms with van der Waals surface area (Å²) in [5, 5.41) is 9.59. The second-order valence-corrected chi connectivity index (χ2v) is 15.1. The van der Waals surface area contributed by atoms with Gasteiger partial charge in [-0.05, 0) is 122 Å². The number of aliphatic hydroxyl groups excluding tert-OH is 1. The van der Waals surface area contributed by atoms with Crippen LogP contribution in [0.15, 0.2) is 158 Å². The number of carbonyl (C=O) groups excluding carboxylic acids is 2. The smallest absolute Gasteiger partial charge is 0.306 e. The average Bonchev–Trinajstić information content (AvgIpc) is 3.28. The Kier molecular flexibility index (Phi) is 47.2. The molecule has 0 rings (SSSR count). The first-order chi connectivity index (χ1) is 30.6. The van der Waals surface area contributed by atoms with E-state index in [0.717, 1.165) is 141 Å². The summed E-state index contributed by atoms with van der Waals surface area (Å²) in [7, 11) is 0. The topological polar surface area (TPSA) is 72.8 Å².